The second kappa shape index (κ2) is 24.6. The molecule has 7 aromatic rings. The van der Waals surface area contributed by atoms with Gasteiger partial charge in [-0.25, -0.2) is 4.79 Å². The van der Waals surface area contributed by atoms with Crippen LogP contribution in [-0.4, -0.2) is 136 Å². The number of carbonyl (C=O) groups is 7. The van der Waals surface area contributed by atoms with E-state index in [1.54, 1.807) is 6.07 Å². The molecule has 5 heterocycles. The molecule has 0 aliphatic carbocycles. The van der Waals surface area contributed by atoms with Gasteiger partial charge in [-0.3, -0.25) is 48.6 Å². The molecule has 80 heavy (non-hydrogen) atoms. The van der Waals surface area contributed by atoms with Crippen molar-refractivity contribution in [2.45, 2.75) is 78.2 Å². The molecular weight excluding hydrogens is 1090 g/mol. The molecule has 5 aromatic carbocycles. The van der Waals surface area contributed by atoms with Crippen molar-refractivity contribution in [2.24, 2.45) is 7.05 Å². The first-order chi connectivity index (χ1) is 38.5. The van der Waals surface area contributed by atoms with Gasteiger partial charge in [-0.15, -0.1) is 0 Å². The quantitative estimate of drug-likeness (QED) is 0.0371. The average Bonchev–Trinajstić information content (AvgIpc) is 4.25. The van der Waals surface area contributed by atoms with Crippen molar-refractivity contribution in [3.05, 3.63) is 141 Å². The topological polar surface area (TPSA) is 201 Å². The van der Waals surface area contributed by atoms with Crippen LogP contribution in [0.15, 0.2) is 102 Å². The minimum atomic E-state index is -1.03. The van der Waals surface area contributed by atoms with Crippen molar-refractivity contribution in [1.29, 1.82) is 0 Å². The van der Waals surface area contributed by atoms with Gasteiger partial charge >= 0.3 is 5.97 Å². The highest BCUT2D eigenvalue weighted by molar-refractivity contribution is 9.10. The number of para-hydroxylation sites is 1. The number of likely N-dealkylation sites (N-methyl/N-ethyl adjacent to an activating group) is 1. The van der Waals surface area contributed by atoms with Gasteiger partial charge in [-0.1, -0.05) is 76.6 Å². The zero-order chi connectivity index (χ0) is 56.8. The number of rotatable bonds is 18. The van der Waals surface area contributed by atoms with Crippen LogP contribution in [0.3, 0.4) is 0 Å². The van der Waals surface area contributed by atoms with E-state index in [4.69, 9.17) is 24.0 Å². The highest BCUT2D eigenvalue weighted by Gasteiger charge is 2.46. The Hall–Kier alpha value is -8.00. The molecule has 1 atom stereocenters. The second-order valence-electron chi connectivity index (χ2n) is 21.0. The van der Waals surface area contributed by atoms with E-state index in [1.165, 1.54) is 18.2 Å². The van der Waals surface area contributed by atoms with Gasteiger partial charge in [0, 0.05) is 90.4 Å². The van der Waals surface area contributed by atoms with E-state index in [9.17, 15) is 33.6 Å². The van der Waals surface area contributed by atoms with Gasteiger partial charge in [0.2, 0.25) is 11.8 Å². The van der Waals surface area contributed by atoms with Gasteiger partial charge in [0.15, 0.2) is 12.6 Å². The Kier molecular flexibility index (Phi) is 17.4. The van der Waals surface area contributed by atoms with Crippen molar-refractivity contribution in [3.8, 4) is 28.4 Å². The fraction of sp³-hybridized carbons (Fsp3) is 0.344. The van der Waals surface area contributed by atoms with Crippen molar-refractivity contribution < 1.29 is 52.5 Å². The average molecular weight is 1150 g/mol. The first-order valence-electron chi connectivity index (χ1n) is 26.7. The van der Waals surface area contributed by atoms with E-state index in [2.05, 4.69) is 86.0 Å². The fourth-order valence-electron chi connectivity index (χ4n) is 10.5. The molecule has 3 aliphatic rings. The summed E-state index contributed by atoms with van der Waals surface area (Å²) in [6.07, 6.45) is 2.78. The molecule has 10 rings (SSSR count). The van der Waals surface area contributed by atoms with Gasteiger partial charge in [0.1, 0.15) is 53.5 Å². The van der Waals surface area contributed by atoms with E-state index in [1.807, 2.05) is 68.9 Å². The molecule has 0 radical (unpaired) electrons. The van der Waals surface area contributed by atoms with E-state index in [0.29, 0.717) is 53.8 Å². The SMILES string of the molecule is Cc1c(-c2cccc3c(CCCOc4cccc5ccccc45)c(C(=O)OC(C)(C)C)n(CCN4CCN(C)CC4)c23)c(COc2ccc(Br)c(C=O)c2)nn1C.O=CCOc1cccc2c1C(=O)N(C1CCC(=O)NC1=O)C2=O. The summed E-state index contributed by atoms with van der Waals surface area (Å²) in [5.41, 5.74) is 6.15. The lowest BCUT2D eigenvalue weighted by atomic mass is 9.98. The molecule has 4 amide bonds. The van der Waals surface area contributed by atoms with Gasteiger partial charge in [-0.05, 0) is 101 Å². The van der Waals surface area contributed by atoms with Gasteiger partial charge in [0.05, 0.1) is 23.3 Å². The maximum Gasteiger partial charge on any atom is 0.355 e. The number of aldehydes is 2. The maximum absolute atomic E-state index is 14.5. The number of ether oxygens (including phenoxy) is 4. The van der Waals surface area contributed by atoms with Crippen LogP contribution in [-0.2, 0) is 45.7 Å². The summed E-state index contributed by atoms with van der Waals surface area (Å²) in [5.74, 6) is -1.18. The molecule has 19 heteroatoms. The number of amides is 4. The number of benzene rings is 5. The molecule has 1 N–H and O–H groups in total. The van der Waals surface area contributed by atoms with Crippen molar-refractivity contribution in [1.82, 2.24) is 34.4 Å². The van der Waals surface area contributed by atoms with Crippen LogP contribution in [0.2, 0.25) is 0 Å². The Morgan fingerprint density at radius 2 is 1.51 bits per heavy atom. The third kappa shape index (κ3) is 12.2. The highest BCUT2D eigenvalue weighted by Crippen LogP contribution is 2.40. The van der Waals surface area contributed by atoms with Gasteiger partial charge in [-0.2, -0.15) is 5.10 Å². The monoisotopic (exact) mass is 1150 g/mol. The summed E-state index contributed by atoms with van der Waals surface area (Å²) in [6, 6.07) is 29.5. The first kappa shape index (κ1) is 56.7. The second-order valence-corrected chi connectivity index (χ2v) is 21.8. The molecule has 1 unspecified atom stereocenters. The predicted octanol–water partition coefficient (Wildman–Crippen LogP) is 8.54. The summed E-state index contributed by atoms with van der Waals surface area (Å²) in [7, 11) is 4.10. The Morgan fingerprint density at radius 1 is 0.800 bits per heavy atom. The number of aromatic nitrogens is 3. The van der Waals surface area contributed by atoms with Gasteiger partial charge in [0.25, 0.3) is 11.8 Å². The summed E-state index contributed by atoms with van der Waals surface area (Å²) < 4.78 is 28.9. The number of fused-ring (bicyclic) bond motifs is 3. The predicted molar refractivity (Wildman–Crippen MR) is 304 cm³/mol. The van der Waals surface area contributed by atoms with Crippen LogP contribution in [0.1, 0.15) is 98.5 Å². The molecular formula is C61H64BrN7O11. The largest absolute Gasteiger partial charge is 0.493 e. The lowest BCUT2D eigenvalue weighted by molar-refractivity contribution is -0.136. The first-order valence-corrected chi connectivity index (χ1v) is 27.5. The summed E-state index contributed by atoms with van der Waals surface area (Å²) in [5, 5.41) is 10.3. The molecule has 3 aliphatic heterocycles. The third-order valence-electron chi connectivity index (χ3n) is 14.5. The normalized spacial score (nSPS) is 15.8. The molecule has 2 aromatic heterocycles. The molecule has 416 valence electrons. The zero-order valence-corrected chi connectivity index (χ0v) is 47.3. The Morgan fingerprint density at radius 3 is 2.26 bits per heavy atom. The van der Waals surface area contributed by atoms with Crippen LogP contribution in [0.5, 0.6) is 17.2 Å². The minimum absolute atomic E-state index is 0.0315. The number of aryl methyl sites for hydroxylation is 2. The summed E-state index contributed by atoms with van der Waals surface area (Å²) in [6.45, 7) is 13.6. The fourth-order valence-corrected chi connectivity index (χ4v) is 10.8. The van der Waals surface area contributed by atoms with E-state index >= 15 is 0 Å². The number of imide groups is 2. The van der Waals surface area contributed by atoms with Crippen molar-refractivity contribution in [2.75, 3.05) is 53.0 Å². The van der Waals surface area contributed by atoms with Crippen LogP contribution in [0.25, 0.3) is 32.8 Å². The lowest BCUT2D eigenvalue weighted by Crippen LogP contribution is -2.54. The number of nitrogens with one attached hydrogen (secondary N) is 1. The number of hydrogen-bond donors (Lipinski definition) is 1. The number of carbonyl (C=O) groups excluding carboxylic acids is 7. The third-order valence-corrected chi connectivity index (χ3v) is 15.2. The van der Waals surface area contributed by atoms with E-state index < -0.39 is 35.3 Å². The van der Waals surface area contributed by atoms with Crippen LogP contribution < -0.4 is 19.5 Å². The van der Waals surface area contributed by atoms with Crippen molar-refractivity contribution >= 4 is 79.8 Å². The van der Waals surface area contributed by atoms with E-state index in [0.717, 1.165) is 99.4 Å². The molecule has 0 bridgehead atoms. The van der Waals surface area contributed by atoms with Crippen LogP contribution >= 0.6 is 15.9 Å². The molecule has 0 spiro atoms. The smallest absolute Gasteiger partial charge is 0.355 e. The standard InChI is InChI=1S/C46H52BrN5O5.C15H12N2O6/c1-31-42(40(48-50(31)6)30-56-34-19-20-39(47)33(28-34)29-53)38-16-10-15-36-37(17-11-27-55-41-18-9-13-32-12-7-8-14-35(32)41)44(45(54)57-46(2,3)4)52(43(36)38)26-25-51-23-21-49(5)22-24-51;18-6-7-23-10-3-1-2-8-12(10)15(22)17(14(8)21)9-4-5-11(19)16-13(9)20/h7-10,12-16,18-20,28-29H,11,17,21-27,30H2,1-6H3;1-3,6,9H,4-5,7H2,(H,16,19,20). The zero-order valence-electron chi connectivity index (χ0n) is 45.7. The number of piperidine rings is 1. The summed E-state index contributed by atoms with van der Waals surface area (Å²) in [4.78, 5) is 90.5. The number of halogens is 1. The lowest BCUT2D eigenvalue weighted by Gasteiger charge is -2.32. The Labute approximate surface area is 472 Å². The minimum Gasteiger partial charge on any atom is -0.493 e. The van der Waals surface area contributed by atoms with E-state index in [-0.39, 0.29) is 48.9 Å². The van der Waals surface area contributed by atoms with Crippen LogP contribution in [0, 0.1) is 6.92 Å². The Bertz CT molecular complexity index is 3530. The number of piperazine rings is 1. The molecule has 2 fully saturated rings. The maximum atomic E-state index is 14.5. The number of hydrogen-bond acceptors (Lipinski definition) is 14. The molecule has 2 saturated heterocycles. The summed E-state index contributed by atoms with van der Waals surface area (Å²) >= 11 is 3.43. The Balaban J connectivity index is 0.000000280. The molecule has 18 nitrogen and oxygen atoms in total. The van der Waals surface area contributed by atoms with Gasteiger partial charge < -0.3 is 28.4 Å². The number of esters is 1. The van der Waals surface area contributed by atoms with Crippen LogP contribution in [0.4, 0.5) is 0 Å². The highest BCUT2D eigenvalue weighted by atomic mass is 79.9. The van der Waals surface area contributed by atoms with Crippen molar-refractivity contribution in [3.63, 3.8) is 0 Å². The molecule has 0 saturated carbocycles. The number of nitrogens with zero attached hydrogens (tertiary/aromatic N) is 6.